The van der Waals surface area contributed by atoms with E-state index in [-0.39, 0.29) is 18.0 Å². The van der Waals surface area contributed by atoms with Gasteiger partial charge in [-0.2, -0.15) is 0 Å². The average Bonchev–Trinajstić information content (AvgIpc) is 2.17. The van der Waals surface area contributed by atoms with Crippen molar-refractivity contribution in [1.82, 2.24) is 0 Å². The van der Waals surface area contributed by atoms with Gasteiger partial charge in [-0.25, -0.2) is 4.79 Å². The molecular weight excluding hydrogens is 216 g/mol. The molecule has 1 aromatic rings. The van der Waals surface area contributed by atoms with Crippen molar-refractivity contribution in [3.05, 3.63) is 34.3 Å². The Morgan fingerprint density at radius 2 is 2.00 bits per heavy atom. The molecule has 3 nitrogen and oxygen atoms in total. The Kier molecular flexibility index (Phi) is 3.86. The molecular formula is C11H11ClO3. The van der Waals surface area contributed by atoms with E-state index in [1.165, 1.54) is 19.1 Å². The molecule has 1 rings (SSSR count). The summed E-state index contributed by atoms with van der Waals surface area (Å²) in [6.45, 7) is 3.37. The summed E-state index contributed by atoms with van der Waals surface area (Å²) in [5.74, 6) is -0.708. The van der Waals surface area contributed by atoms with E-state index in [4.69, 9.17) is 16.3 Å². The SMILES string of the molecule is CCOC(=O)c1ccc(Cl)cc1C(C)=O. The predicted octanol–water partition coefficient (Wildman–Crippen LogP) is 2.72. The van der Waals surface area contributed by atoms with Gasteiger partial charge in [0.1, 0.15) is 0 Å². The van der Waals surface area contributed by atoms with E-state index in [2.05, 4.69) is 0 Å². The van der Waals surface area contributed by atoms with Gasteiger partial charge < -0.3 is 4.74 Å². The number of benzene rings is 1. The smallest absolute Gasteiger partial charge is 0.338 e. The van der Waals surface area contributed by atoms with E-state index in [0.717, 1.165) is 0 Å². The highest BCUT2D eigenvalue weighted by molar-refractivity contribution is 6.31. The highest BCUT2D eigenvalue weighted by atomic mass is 35.5. The Hall–Kier alpha value is -1.35. The molecule has 0 heterocycles. The van der Waals surface area contributed by atoms with E-state index in [9.17, 15) is 9.59 Å². The summed E-state index contributed by atoms with van der Waals surface area (Å²) in [6.07, 6.45) is 0. The highest BCUT2D eigenvalue weighted by Crippen LogP contribution is 2.17. The van der Waals surface area contributed by atoms with Gasteiger partial charge in [-0.05, 0) is 32.0 Å². The molecule has 0 aromatic heterocycles. The number of halogens is 1. The van der Waals surface area contributed by atoms with Gasteiger partial charge in [-0.15, -0.1) is 0 Å². The molecule has 1 aromatic carbocycles. The van der Waals surface area contributed by atoms with Crippen LogP contribution in [0.3, 0.4) is 0 Å². The first kappa shape index (κ1) is 11.7. The van der Waals surface area contributed by atoms with Crippen molar-refractivity contribution in [3.63, 3.8) is 0 Å². The summed E-state index contributed by atoms with van der Waals surface area (Å²) in [4.78, 5) is 22.7. The molecule has 80 valence electrons. The highest BCUT2D eigenvalue weighted by Gasteiger charge is 2.15. The number of Topliss-reactive ketones (excluding diaryl/α,β-unsaturated/α-hetero) is 1. The van der Waals surface area contributed by atoms with Crippen LogP contribution in [0.5, 0.6) is 0 Å². The zero-order valence-electron chi connectivity index (χ0n) is 8.54. The number of esters is 1. The van der Waals surface area contributed by atoms with Crippen LogP contribution in [-0.4, -0.2) is 18.4 Å². The molecule has 0 amide bonds. The van der Waals surface area contributed by atoms with Gasteiger partial charge in [0.2, 0.25) is 0 Å². The standard InChI is InChI=1S/C11H11ClO3/c1-3-15-11(14)9-5-4-8(12)6-10(9)7(2)13/h4-6H,3H2,1-2H3. The number of carbonyl (C=O) groups excluding carboxylic acids is 2. The third-order valence-electron chi connectivity index (χ3n) is 1.86. The predicted molar refractivity (Wildman–Crippen MR) is 57.4 cm³/mol. The van der Waals surface area contributed by atoms with Crippen LogP contribution in [-0.2, 0) is 4.74 Å². The van der Waals surface area contributed by atoms with Gasteiger partial charge >= 0.3 is 5.97 Å². The Balaban J connectivity index is 3.17. The molecule has 0 fully saturated rings. The number of carbonyl (C=O) groups is 2. The molecule has 4 heteroatoms. The summed E-state index contributed by atoms with van der Waals surface area (Å²) in [7, 11) is 0. The summed E-state index contributed by atoms with van der Waals surface area (Å²) in [6, 6.07) is 4.52. The maximum Gasteiger partial charge on any atom is 0.338 e. The minimum Gasteiger partial charge on any atom is -0.462 e. The minimum atomic E-state index is -0.501. The second-order valence-corrected chi connectivity index (χ2v) is 3.40. The van der Waals surface area contributed by atoms with Crippen molar-refractivity contribution in [2.45, 2.75) is 13.8 Å². The van der Waals surface area contributed by atoms with Crippen LogP contribution in [0.25, 0.3) is 0 Å². The fourth-order valence-electron chi connectivity index (χ4n) is 1.19. The molecule has 0 spiro atoms. The van der Waals surface area contributed by atoms with E-state index in [0.29, 0.717) is 10.6 Å². The second-order valence-electron chi connectivity index (χ2n) is 2.97. The minimum absolute atomic E-state index is 0.208. The maximum absolute atomic E-state index is 11.5. The van der Waals surface area contributed by atoms with Crippen LogP contribution in [0, 0.1) is 0 Å². The summed E-state index contributed by atoms with van der Waals surface area (Å²) in [5, 5.41) is 0.424. The van der Waals surface area contributed by atoms with Crippen molar-refractivity contribution >= 4 is 23.4 Å². The molecule has 0 aliphatic rings. The van der Waals surface area contributed by atoms with Gasteiger partial charge in [0, 0.05) is 10.6 Å². The van der Waals surface area contributed by atoms with Gasteiger partial charge in [0.25, 0.3) is 0 Å². The van der Waals surface area contributed by atoms with Crippen LogP contribution in [0.1, 0.15) is 34.6 Å². The molecule has 0 bridgehead atoms. The number of hydrogen-bond donors (Lipinski definition) is 0. The number of ether oxygens (including phenoxy) is 1. The van der Waals surface area contributed by atoms with Gasteiger partial charge in [0.05, 0.1) is 12.2 Å². The van der Waals surface area contributed by atoms with Crippen molar-refractivity contribution in [3.8, 4) is 0 Å². The van der Waals surface area contributed by atoms with E-state index < -0.39 is 5.97 Å². The van der Waals surface area contributed by atoms with Crippen LogP contribution in [0.15, 0.2) is 18.2 Å². The molecule has 0 aliphatic heterocycles. The lowest BCUT2D eigenvalue weighted by Gasteiger charge is -2.06. The van der Waals surface area contributed by atoms with Crippen molar-refractivity contribution in [2.75, 3.05) is 6.61 Å². The number of hydrogen-bond acceptors (Lipinski definition) is 3. The number of ketones is 1. The Morgan fingerprint density at radius 3 is 2.53 bits per heavy atom. The maximum atomic E-state index is 11.5. The first-order valence-electron chi connectivity index (χ1n) is 4.54. The fraction of sp³-hybridized carbons (Fsp3) is 0.273. The Bertz CT molecular complexity index is 399. The van der Waals surface area contributed by atoms with Crippen LogP contribution in [0.2, 0.25) is 5.02 Å². The molecule has 0 unspecified atom stereocenters. The lowest BCUT2D eigenvalue weighted by molar-refractivity contribution is 0.0523. The summed E-state index contributed by atoms with van der Waals surface area (Å²) >= 11 is 5.74. The quantitative estimate of drug-likeness (QED) is 0.588. The van der Waals surface area contributed by atoms with E-state index in [1.807, 2.05) is 0 Å². The zero-order valence-corrected chi connectivity index (χ0v) is 9.30. The van der Waals surface area contributed by atoms with Crippen molar-refractivity contribution < 1.29 is 14.3 Å². The van der Waals surface area contributed by atoms with Gasteiger partial charge in [-0.1, -0.05) is 11.6 Å². The lowest BCUT2D eigenvalue weighted by atomic mass is 10.0. The molecule has 0 saturated heterocycles. The molecule has 0 atom stereocenters. The van der Waals surface area contributed by atoms with Gasteiger partial charge in [0.15, 0.2) is 5.78 Å². The van der Waals surface area contributed by atoms with Crippen molar-refractivity contribution in [2.24, 2.45) is 0 Å². The first-order chi connectivity index (χ1) is 7.06. The molecule has 0 radical (unpaired) electrons. The third-order valence-corrected chi connectivity index (χ3v) is 2.09. The monoisotopic (exact) mass is 226 g/mol. The number of rotatable bonds is 3. The third kappa shape index (κ3) is 2.80. The largest absolute Gasteiger partial charge is 0.462 e. The zero-order chi connectivity index (χ0) is 11.4. The Morgan fingerprint density at radius 1 is 1.33 bits per heavy atom. The molecule has 15 heavy (non-hydrogen) atoms. The normalized spacial score (nSPS) is 9.80. The first-order valence-corrected chi connectivity index (χ1v) is 4.91. The average molecular weight is 227 g/mol. The van der Waals surface area contributed by atoms with Crippen molar-refractivity contribution in [1.29, 1.82) is 0 Å². The summed E-state index contributed by atoms with van der Waals surface area (Å²) < 4.78 is 4.82. The van der Waals surface area contributed by atoms with E-state index >= 15 is 0 Å². The second kappa shape index (κ2) is 4.94. The van der Waals surface area contributed by atoms with Gasteiger partial charge in [-0.3, -0.25) is 4.79 Å². The lowest BCUT2D eigenvalue weighted by Crippen LogP contribution is -2.10. The summed E-state index contributed by atoms with van der Waals surface area (Å²) in [5.41, 5.74) is 0.551. The van der Waals surface area contributed by atoms with Crippen LogP contribution in [0.4, 0.5) is 0 Å². The van der Waals surface area contributed by atoms with Crippen LogP contribution >= 0.6 is 11.6 Å². The van der Waals surface area contributed by atoms with E-state index in [1.54, 1.807) is 13.0 Å². The fourth-order valence-corrected chi connectivity index (χ4v) is 1.37. The van der Waals surface area contributed by atoms with Crippen LogP contribution < -0.4 is 0 Å². The Labute approximate surface area is 93.0 Å². The molecule has 0 saturated carbocycles. The topological polar surface area (TPSA) is 43.4 Å². The molecule has 0 N–H and O–H groups in total. The molecule has 0 aliphatic carbocycles.